The van der Waals surface area contributed by atoms with Gasteiger partial charge in [0.05, 0.1) is 0 Å². The second-order valence-electron chi connectivity index (χ2n) is 5.77. The van der Waals surface area contributed by atoms with Gasteiger partial charge in [0.15, 0.2) is 11.6 Å². The Hall–Kier alpha value is -1.33. The molecule has 0 aromatic heterocycles. The van der Waals surface area contributed by atoms with Crippen molar-refractivity contribution in [1.29, 1.82) is 0 Å². The molecule has 4 nitrogen and oxygen atoms in total. The van der Waals surface area contributed by atoms with E-state index in [2.05, 4.69) is 25.7 Å². The molecule has 1 aromatic rings. The summed E-state index contributed by atoms with van der Waals surface area (Å²) in [6.45, 7) is 7.77. The average molecular weight is 331 g/mol. The van der Waals surface area contributed by atoms with Crippen LogP contribution in [0, 0.1) is 5.82 Å². The summed E-state index contributed by atoms with van der Waals surface area (Å²) in [5.74, 6) is -0.787. The van der Waals surface area contributed by atoms with Crippen molar-refractivity contribution in [2.45, 2.75) is 45.7 Å². The molecule has 0 unspecified atom stereocenters. The van der Waals surface area contributed by atoms with Crippen LogP contribution in [0.1, 0.15) is 43.1 Å². The first-order chi connectivity index (χ1) is 9.95. The van der Waals surface area contributed by atoms with Crippen LogP contribution in [0.2, 0.25) is 0 Å². The number of primary amides is 1. The zero-order valence-corrected chi connectivity index (χ0v) is 14.1. The first-order valence-electron chi connectivity index (χ1n) is 7.45. The molecular weight excluding hydrogens is 307 g/mol. The molecule has 22 heavy (non-hydrogen) atoms. The minimum absolute atomic E-state index is 0. The Morgan fingerprint density at radius 2 is 2.18 bits per heavy atom. The number of carbonyl (C=O) groups is 1. The molecule has 1 heterocycles. The number of carbonyl (C=O) groups excluding carboxylic acids is 1. The van der Waals surface area contributed by atoms with Crippen LogP contribution < -0.4 is 10.5 Å². The summed E-state index contributed by atoms with van der Waals surface area (Å²) in [6, 6.07) is 3.19. The van der Waals surface area contributed by atoms with Crippen molar-refractivity contribution in [3.05, 3.63) is 29.1 Å². The summed E-state index contributed by atoms with van der Waals surface area (Å²) < 4.78 is 19.5. The molecule has 2 rings (SSSR count). The Bertz CT molecular complexity index is 537. The number of fused-ring (bicyclic) bond motifs is 1. The topological polar surface area (TPSA) is 55.6 Å². The summed E-state index contributed by atoms with van der Waals surface area (Å²) in [5, 5.41) is 0. The molecule has 0 saturated heterocycles. The van der Waals surface area contributed by atoms with Gasteiger partial charge in [-0.25, -0.2) is 4.39 Å². The lowest BCUT2D eigenvalue weighted by Gasteiger charge is -2.38. The van der Waals surface area contributed by atoms with Gasteiger partial charge in [-0.1, -0.05) is 6.92 Å². The van der Waals surface area contributed by atoms with Crippen molar-refractivity contribution in [3.63, 3.8) is 0 Å². The van der Waals surface area contributed by atoms with E-state index in [-0.39, 0.29) is 24.2 Å². The van der Waals surface area contributed by atoms with Gasteiger partial charge in [0, 0.05) is 23.2 Å². The van der Waals surface area contributed by atoms with E-state index in [1.165, 1.54) is 12.1 Å². The van der Waals surface area contributed by atoms with E-state index in [0.29, 0.717) is 30.2 Å². The predicted molar refractivity (Wildman–Crippen MR) is 87.3 cm³/mol. The second kappa shape index (κ2) is 7.79. The summed E-state index contributed by atoms with van der Waals surface area (Å²) in [4.78, 5) is 13.9. The average Bonchev–Trinajstić information content (AvgIpc) is 2.44. The molecule has 6 heteroatoms. The first kappa shape index (κ1) is 18.7. The Morgan fingerprint density at radius 3 is 2.73 bits per heavy atom. The van der Waals surface area contributed by atoms with Crippen LogP contribution >= 0.6 is 12.4 Å². The van der Waals surface area contributed by atoms with Crippen LogP contribution in [-0.4, -0.2) is 36.0 Å². The maximum atomic E-state index is 13.9. The Balaban J connectivity index is 0.00000242. The van der Waals surface area contributed by atoms with E-state index in [9.17, 15) is 9.18 Å². The Labute approximate surface area is 137 Å². The van der Waals surface area contributed by atoms with Crippen molar-refractivity contribution < 1.29 is 13.9 Å². The largest absolute Gasteiger partial charge is 0.489 e. The fourth-order valence-electron chi connectivity index (χ4n) is 3.00. The van der Waals surface area contributed by atoms with Crippen molar-refractivity contribution in [2.24, 2.45) is 5.73 Å². The fraction of sp³-hybridized carbons (Fsp3) is 0.562. The SMILES string of the molecule is CCCN(C(C)C)[C@H]1COc2c(F)ccc(C(N)=O)c2C1.Cl. The molecular formula is C16H24ClFN2O2. The molecule has 124 valence electrons. The quantitative estimate of drug-likeness (QED) is 0.903. The number of halogens is 2. The standard InChI is InChI=1S/C16H23FN2O2.ClH/c1-4-7-19(10(2)3)11-8-13-12(16(18)20)5-6-14(17)15(13)21-9-11;/h5-6,10-11H,4,7-9H2,1-3H3,(H2,18,20);1H/t11-;/m1./s1. The summed E-state index contributed by atoms with van der Waals surface area (Å²) >= 11 is 0. The fourth-order valence-corrected chi connectivity index (χ4v) is 3.00. The summed E-state index contributed by atoms with van der Waals surface area (Å²) in [5.41, 5.74) is 6.35. The molecule has 2 N–H and O–H groups in total. The monoisotopic (exact) mass is 330 g/mol. The maximum absolute atomic E-state index is 13.9. The molecule has 1 atom stereocenters. The highest BCUT2D eigenvalue weighted by atomic mass is 35.5. The van der Waals surface area contributed by atoms with Gasteiger partial charge in [0.25, 0.3) is 0 Å². The molecule has 1 amide bonds. The molecule has 0 fully saturated rings. The van der Waals surface area contributed by atoms with Gasteiger partial charge in [0.2, 0.25) is 5.91 Å². The number of nitrogens with zero attached hydrogens (tertiary/aromatic N) is 1. The maximum Gasteiger partial charge on any atom is 0.249 e. The van der Waals surface area contributed by atoms with Gasteiger partial charge in [-0.3, -0.25) is 9.69 Å². The Kier molecular flexibility index (Phi) is 6.63. The third-order valence-corrected chi connectivity index (χ3v) is 3.95. The van der Waals surface area contributed by atoms with Crippen LogP contribution in [0.15, 0.2) is 12.1 Å². The number of ether oxygens (including phenoxy) is 1. The zero-order valence-electron chi connectivity index (χ0n) is 13.3. The molecule has 1 aromatic carbocycles. The number of rotatable bonds is 5. The van der Waals surface area contributed by atoms with Crippen molar-refractivity contribution in [1.82, 2.24) is 4.90 Å². The van der Waals surface area contributed by atoms with E-state index >= 15 is 0 Å². The predicted octanol–water partition coefficient (Wildman–Crippen LogP) is 2.77. The molecule has 0 radical (unpaired) electrons. The highest BCUT2D eigenvalue weighted by molar-refractivity contribution is 5.95. The number of hydrogen-bond donors (Lipinski definition) is 1. The van der Waals surface area contributed by atoms with Crippen LogP contribution in [0.25, 0.3) is 0 Å². The van der Waals surface area contributed by atoms with Crippen LogP contribution in [-0.2, 0) is 6.42 Å². The number of amides is 1. The van der Waals surface area contributed by atoms with E-state index in [1.54, 1.807) is 0 Å². The van der Waals surface area contributed by atoms with Crippen molar-refractivity contribution >= 4 is 18.3 Å². The van der Waals surface area contributed by atoms with Gasteiger partial charge >= 0.3 is 0 Å². The third kappa shape index (κ3) is 3.70. The first-order valence-corrected chi connectivity index (χ1v) is 7.45. The van der Waals surface area contributed by atoms with Gasteiger partial charge in [-0.15, -0.1) is 12.4 Å². The molecule has 0 aliphatic carbocycles. The van der Waals surface area contributed by atoms with Crippen LogP contribution in [0.5, 0.6) is 5.75 Å². The van der Waals surface area contributed by atoms with Gasteiger partial charge in [-0.2, -0.15) is 0 Å². The van der Waals surface area contributed by atoms with Crippen molar-refractivity contribution in [3.8, 4) is 5.75 Å². The highest BCUT2D eigenvalue weighted by Crippen LogP contribution is 2.32. The summed E-state index contributed by atoms with van der Waals surface area (Å²) in [6.07, 6.45) is 1.62. The van der Waals surface area contributed by atoms with Gasteiger partial charge in [0.1, 0.15) is 6.61 Å². The molecule has 1 aliphatic heterocycles. The summed E-state index contributed by atoms with van der Waals surface area (Å²) in [7, 11) is 0. The Morgan fingerprint density at radius 1 is 1.50 bits per heavy atom. The molecule has 1 aliphatic rings. The van der Waals surface area contributed by atoms with Crippen LogP contribution in [0.4, 0.5) is 4.39 Å². The zero-order chi connectivity index (χ0) is 15.6. The minimum Gasteiger partial charge on any atom is -0.489 e. The number of benzene rings is 1. The lowest BCUT2D eigenvalue weighted by Crippen LogP contribution is -2.47. The van der Waals surface area contributed by atoms with E-state index in [1.807, 2.05) is 0 Å². The molecule has 0 saturated carbocycles. The van der Waals surface area contributed by atoms with E-state index in [0.717, 1.165) is 13.0 Å². The van der Waals surface area contributed by atoms with Gasteiger partial charge < -0.3 is 10.5 Å². The highest BCUT2D eigenvalue weighted by Gasteiger charge is 2.30. The van der Waals surface area contributed by atoms with Gasteiger partial charge in [-0.05, 0) is 45.4 Å². The van der Waals surface area contributed by atoms with Crippen molar-refractivity contribution in [2.75, 3.05) is 13.2 Å². The number of hydrogen-bond acceptors (Lipinski definition) is 3. The normalized spacial score (nSPS) is 16.9. The molecule has 0 bridgehead atoms. The van der Waals surface area contributed by atoms with E-state index < -0.39 is 11.7 Å². The van der Waals surface area contributed by atoms with Crippen LogP contribution in [0.3, 0.4) is 0 Å². The number of nitrogens with two attached hydrogens (primary N) is 1. The van der Waals surface area contributed by atoms with E-state index in [4.69, 9.17) is 10.5 Å². The minimum atomic E-state index is -0.540. The third-order valence-electron chi connectivity index (χ3n) is 3.95. The lowest BCUT2D eigenvalue weighted by atomic mass is 9.95. The smallest absolute Gasteiger partial charge is 0.249 e. The molecule has 0 spiro atoms. The lowest BCUT2D eigenvalue weighted by molar-refractivity contribution is 0.0883. The second-order valence-corrected chi connectivity index (χ2v) is 5.77.